The molecule has 0 fully saturated rings. The van der Waals surface area contributed by atoms with Crippen molar-refractivity contribution in [2.24, 2.45) is 0 Å². The van der Waals surface area contributed by atoms with Crippen LogP contribution in [0.1, 0.15) is 53.3 Å². The van der Waals surface area contributed by atoms with Crippen LogP contribution in [-0.2, 0) is 6.42 Å². The van der Waals surface area contributed by atoms with E-state index >= 15 is 0 Å². The van der Waals surface area contributed by atoms with Crippen LogP contribution in [0.15, 0.2) is 48.1 Å². The zero-order chi connectivity index (χ0) is 16.5. The third kappa shape index (κ3) is 2.89. The first-order chi connectivity index (χ1) is 11.7. The number of hydrogen-bond donors (Lipinski definition) is 1. The Kier molecular flexibility index (Phi) is 4.21. The van der Waals surface area contributed by atoms with Crippen LogP contribution in [0.25, 0.3) is 0 Å². The molecule has 5 heteroatoms. The van der Waals surface area contributed by atoms with E-state index in [1.54, 1.807) is 6.33 Å². The van der Waals surface area contributed by atoms with Crippen molar-refractivity contribution in [1.29, 1.82) is 0 Å². The summed E-state index contributed by atoms with van der Waals surface area (Å²) in [5.74, 6) is 1.06. The average molecular weight is 338 g/mol. The van der Waals surface area contributed by atoms with Gasteiger partial charge in [0.2, 0.25) is 0 Å². The maximum atomic E-state index is 4.49. The van der Waals surface area contributed by atoms with Gasteiger partial charge in [-0.3, -0.25) is 5.32 Å². The van der Waals surface area contributed by atoms with Gasteiger partial charge in [-0.1, -0.05) is 30.3 Å². The molecular formula is C19H22N4S. The number of rotatable bonds is 5. The molecule has 0 bridgehead atoms. The predicted octanol–water partition coefficient (Wildman–Crippen LogP) is 4.23. The minimum absolute atomic E-state index is 0.262. The number of nitrogens with one attached hydrogen (secondary N) is 1. The standard InChI is InChI=1S/C19H22N4S/c1-13-8-9-24-18(13)16(11-15-6-4-3-5-7-15)22-17-10-14(2)23-19(17)20-12-21-23/h3-9,12,14,16-17,22H,10-11H2,1-2H3. The Bertz CT molecular complexity index is 808. The van der Waals surface area contributed by atoms with Crippen LogP contribution in [-0.4, -0.2) is 14.8 Å². The minimum atomic E-state index is 0.262. The molecule has 4 nitrogen and oxygen atoms in total. The molecule has 124 valence electrons. The third-order valence-corrected chi connectivity index (χ3v) is 5.94. The van der Waals surface area contributed by atoms with Gasteiger partial charge in [-0.25, -0.2) is 9.67 Å². The Morgan fingerprint density at radius 3 is 2.88 bits per heavy atom. The molecule has 0 spiro atoms. The lowest BCUT2D eigenvalue weighted by atomic mass is 10.0. The first-order valence-electron chi connectivity index (χ1n) is 8.45. The molecule has 0 saturated carbocycles. The highest BCUT2D eigenvalue weighted by molar-refractivity contribution is 7.10. The largest absolute Gasteiger partial charge is 0.299 e. The van der Waals surface area contributed by atoms with Gasteiger partial charge < -0.3 is 0 Å². The summed E-state index contributed by atoms with van der Waals surface area (Å²) in [6, 6.07) is 13.9. The number of benzene rings is 1. The molecule has 1 aromatic carbocycles. The van der Waals surface area contributed by atoms with E-state index in [1.165, 1.54) is 16.0 Å². The summed E-state index contributed by atoms with van der Waals surface area (Å²) in [7, 11) is 0. The average Bonchev–Trinajstić information content (AvgIpc) is 3.28. The van der Waals surface area contributed by atoms with E-state index in [9.17, 15) is 0 Å². The van der Waals surface area contributed by atoms with Gasteiger partial charge in [0.25, 0.3) is 0 Å². The Morgan fingerprint density at radius 1 is 1.29 bits per heavy atom. The molecule has 0 amide bonds. The molecule has 2 aromatic heterocycles. The highest BCUT2D eigenvalue weighted by Crippen LogP contribution is 2.35. The van der Waals surface area contributed by atoms with Gasteiger partial charge in [-0.05, 0) is 49.3 Å². The number of nitrogens with zero attached hydrogens (tertiary/aromatic N) is 3. The van der Waals surface area contributed by atoms with Crippen molar-refractivity contribution in [2.75, 3.05) is 0 Å². The molecule has 1 aliphatic heterocycles. The molecule has 3 aromatic rings. The molecule has 3 unspecified atom stereocenters. The van der Waals surface area contributed by atoms with E-state index in [0.717, 1.165) is 18.7 Å². The Hall–Kier alpha value is -1.98. The first kappa shape index (κ1) is 15.5. The molecule has 0 radical (unpaired) electrons. The molecule has 0 saturated heterocycles. The van der Waals surface area contributed by atoms with Gasteiger partial charge >= 0.3 is 0 Å². The van der Waals surface area contributed by atoms with Crippen LogP contribution in [0.2, 0.25) is 0 Å². The SMILES string of the molecule is Cc1ccsc1C(Cc1ccccc1)NC1CC(C)n2ncnc21. The number of aryl methyl sites for hydroxylation is 1. The van der Waals surface area contributed by atoms with Crippen molar-refractivity contribution in [2.45, 2.75) is 44.8 Å². The fourth-order valence-electron chi connectivity index (χ4n) is 3.60. The molecule has 3 atom stereocenters. The van der Waals surface area contributed by atoms with Crippen LogP contribution < -0.4 is 5.32 Å². The molecular weight excluding hydrogens is 316 g/mol. The van der Waals surface area contributed by atoms with Crippen LogP contribution in [0.3, 0.4) is 0 Å². The fourth-order valence-corrected chi connectivity index (χ4v) is 4.59. The van der Waals surface area contributed by atoms with Gasteiger partial charge in [0.15, 0.2) is 0 Å². The second kappa shape index (κ2) is 6.49. The van der Waals surface area contributed by atoms with E-state index in [-0.39, 0.29) is 6.04 Å². The van der Waals surface area contributed by atoms with Crippen LogP contribution >= 0.6 is 11.3 Å². The maximum Gasteiger partial charge on any atom is 0.144 e. The highest BCUT2D eigenvalue weighted by atomic mass is 32.1. The zero-order valence-electron chi connectivity index (χ0n) is 14.0. The van der Waals surface area contributed by atoms with Gasteiger partial charge in [0.1, 0.15) is 12.2 Å². The summed E-state index contributed by atoms with van der Waals surface area (Å²) >= 11 is 1.84. The Balaban J connectivity index is 1.61. The summed E-state index contributed by atoms with van der Waals surface area (Å²) in [5, 5.41) is 10.4. The topological polar surface area (TPSA) is 42.7 Å². The zero-order valence-corrected chi connectivity index (χ0v) is 14.8. The van der Waals surface area contributed by atoms with Crippen LogP contribution in [0, 0.1) is 6.92 Å². The predicted molar refractivity (Wildman–Crippen MR) is 97.2 cm³/mol. The van der Waals surface area contributed by atoms with E-state index in [2.05, 4.69) is 75.7 Å². The lowest BCUT2D eigenvalue weighted by Gasteiger charge is -2.23. The van der Waals surface area contributed by atoms with Crippen LogP contribution in [0.5, 0.6) is 0 Å². The fraction of sp³-hybridized carbons (Fsp3) is 0.368. The summed E-state index contributed by atoms with van der Waals surface area (Å²) in [6.07, 6.45) is 3.70. The van der Waals surface area contributed by atoms with Crippen molar-refractivity contribution in [3.8, 4) is 0 Å². The lowest BCUT2D eigenvalue weighted by Crippen LogP contribution is -2.27. The summed E-state index contributed by atoms with van der Waals surface area (Å²) in [4.78, 5) is 5.91. The van der Waals surface area contributed by atoms with Crippen molar-refractivity contribution < 1.29 is 0 Å². The van der Waals surface area contributed by atoms with Gasteiger partial charge in [-0.15, -0.1) is 11.3 Å². The van der Waals surface area contributed by atoms with E-state index in [0.29, 0.717) is 12.1 Å². The van der Waals surface area contributed by atoms with E-state index in [4.69, 9.17) is 0 Å². The number of aromatic nitrogens is 3. The Labute approximate surface area is 146 Å². The molecule has 1 N–H and O–H groups in total. The number of thiophene rings is 1. The number of hydrogen-bond acceptors (Lipinski definition) is 4. The van der Waals surface area contributed by atoms with Gasteiger partial charge in [0.05, 0.1) is 12.1 Å². The summed E-state index contributed by atoms with van der Waals surface area (Å²) in [6.45, 7) is 4.41. The quantitative estimate of drug-likeness (QED) is 0.757. The second-order valence-electron chi connectivity index (χ2n) is 6.58. The number of fused-ring (bicyclic) bond motifs is 1. The van der Waals surface area contributed by atoms with E-state index in [1.807, 2.05) is 11.3 Å². The minimum Gasteiger partial charge on any atom is -0.299 e. The molecule has 0 aliphatic carbocycles. The molecule has 3 heterocycles. The molecule has 4 rings (SSSR count). The molecule has 24 heavy (non-hydrogen) atoms. The smallest absolute Gasteiger partial charge is 0.144 e. The summed E-state index contributed by atoms with van der Waals surface area (Å²) in [5.41, 5.74) is 2.72. The summed E-state index contributed by atoms with van der Waals surface area (Å²) < 4.78 is 2.05. The maximum absolute atomic E-state index is 4.49. The molecule has 1 aliphatic rings. The van der Waals surface area contributed by atoms with Crippen molar-refractivity contribution in [3.63, 3.8) is 0 Å². The van der Waals surface area contributed by atoms with Crippen LogP contribution in [0.4, 0.5) is 0 Å². The first-order valence-corrected chi connectivity index (χ1v) is 9.33. The normalized spacial score (nSPS) is 20.9. The Morgan fingerprint density at radius 2 is 2.12 bits per heavy atom. The monoisotopic (exact) mass is 338 g/mol. The van der Waals surface area contributed by atoms with Gasteiger partial charge in [0, 0.05) is 10.9 Å². The third-order valence-electron chi connectivity index (χ3n) is 4.81. The van der Waals surface area contributed by atoms with Gasteiger partial charge in [-0.2, -0.15) is 5.10 Å². The van der Waals surface area contributed by atoms with E-state index < -0.39 is 0 Å². The highest BCUT2D eigenvalue weighted by Gasteiger charge is 2.32. The van der Waals surface area contributed by atoms with Crippen molar-refractivity contribution in [1.82, 2.24) is 20.1 Å². The lowest BCUT2D eigenvalue weighted by molar-refractivity contribution is 0.417. The second-order valence-corrected chi connectivity index (χ2v) is 7.52. The van der Waals surface area contributed by atoms with Crippen molar-refractivity contribution >= 4 is 11.3 Å². The van der Waals surface area contributed by atoms with Crippen molar-refractivity contribution in [3.05, 3.63) is 69.9 Å².